The molecule has 0 aromatic rings. The molecule has 0 bridgehead atoms. The predicted octanol–water partition coefficient (Wildman–Crippen LogP) is 0.0879. The molecule has 1 aliphatic heterocycles. The van der Waals surface area contributed by atoms with Gasteiger partial charge in [0.05, 0.1) is 12.7 Å². The van der Waals surface area contributed by atoms with Crippen LogP contribution in [0.3, 0.4) is 0 Å². The maximum Gasteiger partial charge on any atom is 0.0639 e. The Morgan fingerprint density at radius 2 is 2.45 bits per heavy atom. The summed E-state index contributed by atoms with van der Waals surface area (Å²) in [5.74, 6) is 0. The molecular formula is C8H17NO2. The molecule has 0 amide bonds. The van der Waals surface area contributed by atoms with Gasteiger partial charge in [-0.25, -0.2) is 0 Å². The van der Waals surface area contributed by atoms with E-state index < -0.39 is 0 Å². The van der Waals surface area contributed by atoms with Crippen molar-refractivity contribution in [3.8, 4) is 0 Å². The molecule has 1 saturated heterocycles. The Kier molecular flexibility index (Phi) is 3.30. The molecule has 0 saturated carbocycles. The van der Waals surface area contributed by atoms with Gasteiger partial charge in [-0.3, -0.25) is 4.90 Å². The van der Waals surface area contributed by atoms with Gasteiger partial charge in [-0.1, -0.05) is 0 Å². The molecule has 0 radical (unpaired) electrons. The van der Waals surface area contributed by atoms with Gasteiger partial charge >= 0.3 is 0 Å². The van der Waals surface area contributed by atoms with Crippen LogP contribution < -0.4 is 0 Å². The minimum absolute atomic E-state index is 0.236. The Labute approximate surface area is 68.0 Å². The maximum atomic E-state index is 9.10. The van der Waals surface area contributed by atoms with E-state index in [1.165, 1.54) is 0 Å². The van der Waals surface area contributed by atoms with Crippen LogP contribution in [0.15, 0.2) is 0 Å². The average molecular weight is 159 g/mol. The topological polar surface area (TPSA) is 32.7 Å². The molecule has 66 valence electrons. The third-order valence-electron chi connectivity index (χ3n) is 2.08. The summed E-state index contributed by atoms with van der Waals surface area (Å²) < 4.78 is 5.24. The Morgan fingerprint density at radius 3 is 2.91 bits per heavy atom. The monoisotopic (exact) mass is 159 g/mol. The number of hydrogen-bond donors (Lipinski definition) is 1. The lowest BCUT2D eigenvalue weighted by Crippen LogP contribution is -2.36. The first kappa shape index (κ1) is 8.97. The van der Waals surface area contributed by atoms with Gasteiger partial charge in [0.15, 0.2) is 0 Å². The smallest absolute Gasteiger partial charge is 0.0639 e. The summed E-state index contributed by atoms with van der Waals surface area (Å²) in [5.41, 5.74) is 0. The molecule has 0 aromatic carbocycles. The van der Waals surface area contributed by atoms with Crippen LogP contribution in [0, 0.1) is 0 Å². The predicted molar refractivity (Wildman–Crippen MR) is 43.5 cm³/mol. The summed E-state index contributed by atoms with van der Waals surface area (Å²) in [6.45, 7) is 4.25. The average Bonchev–Trinajstić information content (AvgIpc) is 2.35. The van der Waals surface area contributed by atoms with Crippen LogP contribution in [0.4, 0.5) is 0 Å². The van der Waals surface area contributed by atoms with Crippen molar-refractivity contribution in [2.75, 3.05) is 26.8 Å². The zero-order chi connectivity index (χ0) is 8.27. The fourth-order valence-electron chi connectivity index (χ4n) is 1.44. The molecule has 1 aliphatic rings. The lowest BCUT2D eigenvalue weighted by molar-refractivity contribution is 0.105. The van der Waals surface area contributed by atoms with Crippen molar-refractivity contribution in [2.24, 2.45) is 0 Å². The van der Waals surface area contributed by atoms with E-state index in [1.54, 1.807) is 0 Å². The summed E-state index contributed by atoms with van der Waals surface area (Å²) in [5, 5.41) is 9.10. The van der Waals surface area contributed by atoms with E-state index >= 15 is 0 Å². The summed E-state index contributed by atoms with van der Waals surface area (Å²) in [6.07, 6.45) is 0.865. The van der Waals surface area contributed by atoms with Gasteiger partial charge in [0, 0.05) is 19.2 Å². The molecular weight excluding hydrogens is 142 g/mol. The maximum absolute atomic E-state index is 9.10. The number of rotatable bonds is 3. The fourth-order valence-corrected chi connectivity index (χ4v) is 1.44. The summed E-state index contributed by atoms with van der Waals surface area (Å²) in [4.78, 5) is 2.16. The van der Waals surface area contributed by atoms with E-state index in [0.717, 1.165) is 26.2 Å². The highest BCUT2D eigenvalue weighted by molar-refractivity contribution is 4.73. The Morgan fingerprint density at radius 1 is 1.73 bits per heavy atom. The largest absolute Gasteiger partial charge is 0.392 e. The first-order chi connectivity index (χ1) is 5.20. The second kappa shape index (κ2) is 4.04. The number of aliphatic hydroxyl groups is 1. The standard InChI is InChI=1S/C8H17NO2/c1-7(10)5-9(2)8-3-4-11-6-8/h7-8,10H,3-6H2,1-2H3/t7-,8?/m1/s1. The van der Waals surface area contributed by atoms with Crippen LogP contribution in [0.1, 0.15) is 13.3 Å². The zero-order valence-electron chi connectivity index (χ0n) is 7.29. The van der Waals surface area contributed by atoms with Crippen molar-refractivity contribution in [3.05, 3.63) is 0 Å². The van der Waals surface area contributed by atoms with Crippen molar-refractivity contribution >= 4 is 0 Å². The van der Waals surface area contributed by atoms with E-state index in [2.05, 4.69) is 4.90 Å². The SMILES string of the molecule is C[C@@H](O)CN(C)C1CCOC1. The zero-order valence-corrected chi connectivity index (χ0v) is 7.29. The Hall–Kier alpha value is -0.120. The summed E-state index contributed by atoms with van der Waals surface area (Å²) in [6, 6.07) is 0.518. The van der Waals surface area contributed by atoms with Gasteiger partial charge in [0.25, 0.3) is 0 Å². The van der Waals surface area contributed by atoms with Crippen LogP contribution in [0.5, 0.6) is 0 Å². The van der Waals surface area contributed by atoms with E-state index in [-0.39, 0.29) is 6.10 Å². The number of nitrogens with zero attached hydrogens (tertiary/aromatic N) is 1. The third-order valence-corrected chi connectivity index (χ3v) is 2.08. The van der Waals surface area contributed by atoms with E-state index in [4.69, 9.17) is 9.84 Å². The van der Waals surface area contributed by atoms with Crippen LogP contribution >= 0.6 is 0 Å². The highest BCUT2D eigenvalue weighted by atomic mass is 16.5. The van der Waals surface area contributed by atoms with Gasteiger partial charge in [0.2, 0.25) is 0 Å². The van der Waals surface area contributed by atoms with E-state index in [1.807, 2.05) is 14.0 Å². The molecule has 1 N–H and O–H groups in total. The van der Waals surface area contributed by atoms with Crippen molar-refractivity contribution in [2.45, 2.75) is 25.5 Å². The van der Waals surface area contributed by atoms with Crippen molar-refractivity contribution in [1.29, 1.82) is 0 Å². The molecule has 0 aliphatic carbocycles. The van der Waals surface area contributed by atoms with Crippen molar-refractivity contribution < 1.29 is 9.84 Å². The minimum Gasteiger partial charge on any atom is -0.392 e. The van der Waals surface area contributed by atoms with Crippen molar-refractivity contribution in [1.82, 2.24) is 4.90 Å². The second-order valence-corrected chi connectivity index (χ2v) is 3.31. The number of ether oxygens (including phenoxy) is 1. The second-order valence-electron chi connectivity index (χ2n) is 3.31. The summed E-state index contributed by atoms with van der Waals surface area (Å²) >= 11 is 0. The molecule has 0 aromatic heterocycles. The van der Waals surface area contributed by atoms with Crippen LogP contribution in [-0.4, -0.2) is 49.0 Å². The molecule has 1 unspecified atom stereocenters. The first-order valence-electron chi connectivity index (χ1n) is 4.16. The van der Waals surface area contributed by atoms with Gasteiger partial charge in [0.1, 0.15) is 0 Å². The quantitative estimate of drug-likeness (QED) is 0.633. The highest BCUT2D eigenvalue weighted by Crippen LogP contribution is 2.10. The van der Waals surface area contributed by atoms with Crippen molar-refractivity contribution in [3.63, 3.8) is 0 Å². The molecule has 11 heavy (non-hydrogen) atoms. The molecule has 1 rings (SSSR count). The van der Waals surface area contributed by atoms with Gasteiger partial charge < -0.3 is 9.84 Å². The number of aliphatic hydroxyl groups excluding tert-OH is 1. The molecule has 2 atom stereocenters. The van der Waals surface area contributed by atoms with Gasteiger partial charge in [-0.15, -0.1) is 0 Å². The van der Waals surface area contributed by atoms with Crippen LogP contribution in [0.2, 0.25) is 0 Å². The normalized spacial score (nSPS) is 27.8. The third kappa shape index (κ3) is 2.77. The first-order valence-corrected chi connectivity index (χ1v) is 4.16. The lowest BCUT2D eigenvalue weighted by atomic mass is 10.2. The molecule has 3 heteroatoms. The Balaban J connectivity index is 2.22. The van der Waals surface area contributed by atoms with E-state index in [9.17, 15) is 0 Å². The molecule has 3 nitrogen and oxygen atoms in total. The van der Waals surface area contributed by atoms with E-state index in [0.29, 0.717) is 6.04 Å². The molecule has 1 heterocycles. The van der Waals surface area contributed by atoms with Gasteiger partial charge in [-0.05, 0) is 20.4 Å². The number of likely N-dealkylation sites (N-methyl/N-ethyl adjacent to an activating group) is 1. The molecule has 0 spiro atoms. The summed E-state index contributed by atoms with van der Waals surface area (Å²) in [7, 11) is 2.03. The van der Waals surface area contributed by atoms with Crippen LogP contribution in [-0.2, 0) is 4.74 Å². The highest BCUT2D eigenvalue weighted by Gasteiger charge is 2.20. The fraction of sp³-hybridized carbons (Fsp3) is 1.00. The minimum atomic E-state index is -0.236. The number of hydrogen-bond acceptors (Lipinski definition) is 3. The van der Waals surface area contributed by atoms with Gasteiger partial charge in [-0.2, -0.15) is 0 Å². The lowest BCUT2D eigenvalue weighted by Gasteiger charge is -2.23. The molecule has 1 fully saturated rings. The Bertz CT molecular complexity index is 111. The van der Waals surface area contributed by atoms with Crippen LogP contribution in [0.25, 0.3) is 0 Å².